The van der Waals surface area contributed by atoms with E-state index in [0.717, 1.165) is 29.7 Å². The molecule has 3 nitrogen and oxygen atoms in total. The smallest absolute Gasteiger partial charge is 0.256 e. The number of aromatic nitrogens is 1. The highest BCUT2D eigenvalue weighted by molar-refractivity contribution is 6.03. The summed E-state index contributed by atoms with van der Waals surface area (Å²) in [6, 6.07) is 11.4. The van der Waals surface area contributed by atoms with Crippen LogP contribution in [0.5, 0.6) is 0 Å². The lowest BCUT2D eigenvalue weighted by Crippen LogP contribution is -2.13. The molecule has 0 aliphatic heterocycles. The lowest BCUT2D eigenvalue weighted by molar-refractivity contribution is 0.102. The van der Waals surface area contributed by atoms with Crippen molar-refractivity contribution in [2.45, 2.75) is 33.6 Å². The highest BCUT2D eigenvalue weighted by Crippen LogP contribution is 2.12. The second-order valence-electron chi connectivity index (χ2n) is 5.44. The number of hydrogen-bond acceptors (Lipinski definition) is 2. The number of nitrogens with zero attached hydrogens (tertiary/aromatic N) is 1. The molecule has 0 saturated carbocycles. The maximum atomic E-state index is 12.2. The SMILES string of the molecule is CCC/C=C/c1ccc(C(=O)Nc2cc(C)cc(C)n2)cc1. The first-order valence-corrected chi connectivity index (χ1v) is 7.61. The van der Waals surface area contributed by atoms with E-state index in [2.05, 4.69) is 29.4 Å². The van der Waals surface area contributed by atoms with Crippen LogP contribution in [-0.2, 0) is 0 Å². The third-order valence-corrected chi connectivity index (χ3v) is 3.28. The average molecular weight is 294 g/mol. The number of nitrogens with one attached hydrogen (secondary N) is 1. The molecule has 0 radical (unpaired) electrons. The molecule has 1 aromatic carbocycles. The number of benzene rings is 1. The van der Waals surface area contributed by atoms with Gasteiger partial charge in [0, 0.05) is 11.3 Å². The van der Waals surface area contributed by atoms with Gasteiger partial charge < -0.3 is 5.32 Å². The molecule has 22 heavy (non-hydrogen) atoms. The quantitative estimate of drug-likeness (QED) is 0.863. The number of allylic oxidation sites excluding steroid dienone is 1. The van der Waals surface area contributed by atoms with E-state index in [1.807, 2.05) is 50.2 Å². The number of rotatable bonds is 5. The molecule has 0 aliphatic carbocycles. The molecule has 2 rings (SSSR count). The van der Waals surface area contributed by atoms with E-state index in [4.69, 9.17) is 0 Å². The van der Waals surface area contributed by atoms with Gasteiger partial charge in [0.2, 0.25) is 0 Å². The van der Waals surface area contributed by atoms with Crippen molar-refractivity contribution in [2.24, 2.45) is 0 Å². The fourth-order valence-corrected chi connectivity index (χ4v) is 2.23. The Balaban J connectivity index is 2.06. The first-order valence-electron chi connectivity index (χ1n) is 7.61. The highest BCUT2D eigenvalue weighted by Gasteiger charge is 2.07. The van der Waals surface area contributed by atoms with Crippen molar-refractivity contribution < 1.29 is 4.79 Å². The van der Waals surface area contributed by atoms with Gasteiger partial charge in [0.15, 0.2) is 0 Å². The van der Waals surface area contributed by atoms with Crippen LogP contribution >= 0.6 is 0 Å². The van der Waals surface area contributed by atoms with E-state index in [1.165, 1.54) is 0 Å². The number of aryl methyl sites for hydroxylation is 2. The lowest BCUT2D eigenvalue weighted by Gasteiger charge is -2.07. The van der Waals surface area contributed by atoms with Gasteiger partial charge in [-0.15, -0.1) is 0 Å². The number of carbonyl (C=O) groups is 1. The topological polar surface area (TPSA) is 42.0 Å². The molecule has 0 unspecified atom stereocenters. The van der Waals surface area contributed by atoms with Crippen LogP contribution in [-0.4, -0.2) is 10.9 Å². The van der Waals surface area contributed by atoms with Crippen LogP contribution in [0.15, 0.2) is 42.5 Å². The fraction of sp³-hybridized carbons (Fsp3) is 0.263. The fourth-order valence-electron chi connectivity index (χ4n) is 2.23. The summed E-state index contributed by atoms with van der Waals surface area (Å²) in [6.45, 7) is 6.06. The van der Waals surface area contributed by atoms with Crippen molar-refractivity contribution >= 4 is 17.8 Å². The number of amides is 1. The van der Waals surface area contributed by atoms with Crippen molar-refractivity contribution in [1.29, 1.82) is 0 Å². The third kappa shape index (κ3) is 4.55. The number of hydrogen-bond donors (Lipinski definition) is 1. The van der Waals surface area contributed by atoms with E-state index >= 15 is 0 Å². The van der Waals surface area contributed by atoms with Gasteiger partial charge in [-0.3, -0.25) is 4.79 Å². The molecule has 0 spiro atoms. The second kappa shape index (κ2) is 7.55. The summed E-state index contributed by atoms with van der Waals surface area (Å²) in [7, 11) is 0. The summed E-state index contributed by atoms with van der Waals surface area (Å²) in [5, 5.41) is 2.84. The monoisotopic (exact) mass is 294 g/mol. The van der Waals surface area contributed by atoms with Crippen molar-refractivity contribution in [3.63, 3.8) is 0 Å². The van der Waals surface area contributed by atoms with Gasteiger partial charge in [-0.2, -0.15) is 0 Å². The van der Waals surface area contributed by atoms with Crippen molar-refractivity contribution in [2.75, 3.05) is 5.32 Å². The molecule has 1 amide bonds. The predicted molar refractivity (Wildman–Crippen MR) is 92.0 cm³/mol. The van der Waals surface area contributed by atoms with Gasteiger partial charge in [0.1, 0.15) is 5.82 Å². The molecular weight excluding hydrogens is 272 g/mol. The molecule has 0 saturated heterocycles. The van der Waals surface area contributed by atoms with Gasteiger partial charge in [-0.1, -0.05) is 37.6 Å². The third-order valence-electron chi connectivity index (χ3n) is 3.28. The summed E-state index contributed by atoms with van der Waals surface area (Å²) in [5.41, 5.74) is 3.72. The molecule has 3 heteroatoms. The van der Waals surface area contributed by atoms with Crippen molar-refractivity contribution in [1.82, 2.24) is 4.98 Å². The Hall–Kier alpha value is -2.42. The molecule has 1 heterocycles. The molecule has 114 valence electrons. The molecule has 0 fully saturated rings. The lowest BCUT2D eigenvalue weighted by atomic mass is 10.1. The Bertz CT molecular complexity index is 652. The molecule has 0 atom stereocenters. The largest absolute Gasteiger partial charge is 0.307 e. The summed E-state index contributed by atoms with van der Waals surface area (Å²) in [6.07, 6.45) is 6.44. The Morgan fingerprint density at radius 3 is 2.55 bits per heavy atom. The Morgan fingerprint density at radius 1 is 1.18 bits per heavy atom. The number of carbonyl (C=O) groups excluding carboxylic acids is 1. The van der Waals surface area contributed by atoms with Gasteiger partial charge in [-0.05, 0) is 55.7 Å². The van der Waals surface area contributed by atoms with Gasteiger partial charge >= 0.3 is 0 Å². The summed E-state index contributed by atoms with van der Waals surface area (Å²) in [4.78, 5) is 16.6. The van der Waals surface area contributed by atoms with Crippen LogP contribution in [0.4, 0.5) is 5.82 Å². The van der Waals surface area contributed by atoms with E-state index in [0.29, 0.717) is 11.4 Å². The zero-order chi connectivity index (χ0) is 15.9. The molecule has 2 aromatic rings. The molecule has 0 aliphatic rings. The van der Waals surface area contributed by atoms with E-state index in [9.17, 15) is 4.79 Å². The summed E-state index contributed by atoms with van der Waals surface area (Å²) < 4.78 is 0. The first-order chi connectivity index (χ1) is 10.6. The Kier molecular flexibility index (Phi) is 5.48. The van der Waals surface area contributed by atoms with Gasteiger partial charge in [0.25, 0.3) is 5.91 Å². The normalized spacial score (nSPS) is 10.9. The Labute approximate surface area is 132 Å². The summed E-state index contributed by atoms with van der Waals surface area (Å²) >= 11 is 0. The molecule has 0 bridgehead atoms. The summed E-state index contributed by atoms with van der Waals surface area (Å²) in [5.74, 6) is 0.455. The zero-order valence-corrected chi connectivity index (χ0v) is 13.4. The minimum absolute atomic E-state index is 0.137. The Morgan fingerprint density at radius 2 is 1.91 bits per heavy atom. The standard InChI is InChI=1S/C19H22N2O/c1-4-5-6-7-16-8-10-17(11-9-16)19(22)21-18-13-14(2)12-15(3)20-18/h6-13H,4-5H2,1-3H3,(H,20,21,22)/b7-6+. The predicted octanol–water partition coefficient (Wildman–Crippen LogP) is 4.76. The second-order valence-corrected chi connectivity index (χ2v) is 5.44. The van der Waals surface area contributed by atoms with Crippen LogP contribution in [0, 0.1) is 13.8 Å². The minimum Gasteiger partial charge on any atom is -0.307 e. The number of pyridine rings is 1. The van der Waals surface area contributed by atoms with Crippen LogP contribution in [0.1, 0.15) is 46.9 Å². The van der Waals surface area contributed by atoms with Gasteiger partial charge in [0.05, 0.1) is 0 Å². The minimum atomic E-state index is -0.137. The van der Waals surface area contributed by atoms with Crippen molar-refractivity contribution in [3.8, 4) is 0 Å². The zero-order valence-electron chi connectivity index (χ0n) is 13.4. The van der Waals surface area contributed by atoms with E-state index < -0.39 is 0 Å². The molecule has 1 aromatic heterocycles. The van der Waals surface area contributed by atoms with E-state index in [1.54, 1.807) is 0 Å². The molecular formula is C19H22N2O. The maximum Gasteiger partial charge on any atom is 0.256 e. The van der Waals surface area contributed by atoms with Crippen LogP contribution < -0.4 is 5.32 Å². The van der Waals surface area contributed by atoms with Crippen molar-refractivity contribution in [3.05, 3.63) is 64.9 Å². The van der Waals surface area contributed by atoms with Crippen LogP contribution in [0.3, 0.4) is 0 Å². The van der Waals surface area contributed by atoms with Gasteiger partial charge in [-0.25, -0.2) is 4.98 Å². The maximum absolute atomic E-state index is 12.2. The average Bonchev–Trinajstić information content (AvgIpc) is 2.47. The van der Waals surface area contributed by atoms with Crippen LogP contribution in [0.25, 0.3) is 6.08 Å². The highest BCUT2D eigenvalue weighted by atomic mass is 16.1. The number of anilines is 1. The molecule has 1 N–H and O–H groups in total. The van der Waals surface area contributed by atoms with Crippen LogP contribution in [0.2, 0.25) is 0 Å². The number of unbranched alkanes of at least 4 members (excludes halogenated alkanes) is 1. The van der Waals surface area contributed by atoms with E-state index in [-0.39, 0.29) is 5.91 Å². The first kappa shape index (κ1) is 16.0.